The molecular weight excluding hydrogens is 361 g/mol. The lowest BCUT2D eigenvalue weighted by Gasteiger charge is -2.23. The summed E-state index contributed by atoms with van der Waals surface area (Å²) in [5.41, 5.74) is 0. The number of rotatable bonds is 1. The molecule has 17 heavy (non-hydrogen) atoms. The summed E-state index contributed by atoms with van der Waals surface area (Å²) < 4.78 is 12.7. The summed E-state index contributed by atoms with van der Waals surface area (Å²) in [6.07, 6.45) is 0. The standard InChI is InChI=1S/C7H8Cl4N3P3/c1-15(7-5-3-2-4-6-7)12-16(8,9)14-17(10,11)13-15/h2-6H,1H3. The van der Waals surface area contributed by atoms with Crippen molar-refractivity contribution in [3.8, 4) is 0 Å². The van der Waals surface area contributed by atoms with E-state index in [1.54, 1.807) is 0 Å². The van der Waals surface area contributed by atoms with E-state index in [9.17, 15) is 0 Å². The third-order valence-corrected chi connectivity index (χ3v) is 14.4. The minimum atomic E-state index is -2.81. The number of benzene rings is 1. The second kappa shape index (κ2) is 4.88. The van der Waals surface area contributed by atoms with Crippen LogP contribution in [0.5, 0.6) is 0 Å². The predicted molar refractivity (Wildman–Crippen MR) is 83.5 cm³/mol. The Morgan fingerprint density at radius 1 is 0.824 bits per heavy atom. The van der Waals surface area contributed by atoms with Gasteiger partial charge in [-0.1, -0.05) is 30.3 Å². The smallest absolute Gasteiger partial charge is 0.209 e. The molecule has 0 radical (unpaired) electrons. The average Bonchev–Trinajstić information content (AvgIpc) is 2.13. The molecule has 0 bridgehead atoms. The van der Waals surface area contributed by atoms with Gasteiger partial charge in [0.05, 0.1) is 0 Å². The highest BCUT2D eigenvalue weighted by molar-refractivity contribution is 8.21. The lowest BCUT2D eigenvalue weighted by atomic mass is 10.4. The molecule has 1 unspecified atom stereocenters. The fourth-order valence-electron chi connectivity index (χ4n) is 1.42. The Morgan fingerprint density at radius 2 is 1.35 bits per heavy atom. The molecule has 0 saturated heterocycles. The highest BCUT2D eigenvalue weighted by atomic mass is 35.9. The Bertz CT molecular complexity index is 593. The molecule has 0 spiro atoms. The first-order valence-corrected chi connectivity index (χ1v) is 13.6. The molecule has 1 heterocycles. The number of halogens is 4. The van der Waals surface area contributed by atoms with Gasteiger partial charge >= 0.3 is 0 Å². The van der Waals surface area contributed by atoms with E-state index in [0.717, 1.165) is 5.30 Å². The molecule has 1 atom stereocenters. The summed E-state index contributed by atoms with van der Waals surface area (Å²) in [5, 5.41) is 0.950. The maximum absolute atomic E-state index is 6.06. The van der Waals surface area contributed by atoms with Crippen LogP contribution < -0.4 is 5.30 Å². The summed E-state index contributed by atoms with van der Waals surface area (Å²) in [5.74, 6) is -5.62. The van der Waals surface area contributed by atoms with Crippen LogP contribution in [0, 0.1) is 0 Å². The van der Waals surface area contributed by atoms with Gasteiger partial charge in [0.1, 0.15) is 7.21 Å². The molecule has 0 aliphatic carbocycles. The second-order valence-corrected chi connectivity index (χ2v) is 16.4. The van der Waals surface area contributed by atoms with Crippen LogP contribution in [0.2, 0.25) is 0 Å². The van der Waals surface area contributed by atoms with Crippen molar-refractivity contribution in [2.75, 3.05) is 6.66 Å². The molecule has 1 aliphatic rings. The van der Waals surface area contributed by atoms with Gasteiger partial charge in [-0.2, -0.15) is 4.52 Å². The molecule has 1 aromatic rings. The zero-order valence-corrected chi connectivity index (χ0v) is 14.3. The Balaban J connectivity index is 2.73. The summed E-state index contributed by atoms with van der Waals surface area (Å²) in [7, 11) is -2.23. The minimum absolute atomic E-state index is 0.950. The molecule has 0 amide bonds. The van der Waals surface area contributed by atoms with E-state index in [2.05, 4.69) is 13.5 Å². The van der Waals surface area contributed by atoms with E-state index in [-0.39, 0.29) is 0 Å². The quantitative estimate of drug-likeness (QED) is 0.482. The van der Waals surface area contributed by atoms with Crippen LogP contribution in [0.1, 0.15) is 0 Å². The van der Waals surface area contributed by atoms with Gasteiger partial charge in [-0.25, -0.2) is 9.03 Å². The van der Waals surface area contributed by atoms with Gasteiger partial charge in [-0.3, -0.25) is 0 Å². The molecule has 94 valence electrons. The first-order valence-electron chi connectivity index (χ1n) is 4.46. The van der Waals surface area contributed by atoms with Gasteiger partial charge < -0.3 is 0 Å². The zero-order chi connectivity index (χ0) is 12.7. The van der Waals surface area contributed by atoms with Crippen molar-refractivity contribution in [3.63, 3.8) is 0 Å². The largest absolute Gasteiger partial charge is 0.255 e. The van der Waals surface area contributed by atoms with Gasteiger partial charge in [-0.15, -0.1) is 0 Å². The number of nitrogens with zero attached hydrogens (tertiary/aromatic N) is 3. The van der Waals surface area contributed by atoms with E-state index in [0.29, 0.717) is 0 Å². The van der Waals surface area contributed by atoms with E-state index in [1.165, 1.54) is 0 Å². The van der Waals surface area contributed by atoms with Crippen LogP contribution in [0.4, 0.5) is 0 Å². The molecule has 1 aliphatic heterocycles. The van der Waals surface area contributed by atoms with Gasteiger partial charge in [0.25, 0.3) is 11.8 Å². The molecule has 2 rings (SSSR count). The van der Waals surface area contributed by atoms with E-state index in [1.807, 2.05) is 37.0 Å². The maximum Gasteiger partial charge on any atom is 0.255 e. The van der Waals surface area contributed by atoms with Gasteiger partial charge in [0.15, 0.2) is 0 Å². The second-order valence-electron chi connectivity index (χ2n) is 3.43. The highest BCUT2D eigenvalue weighted by Crippen LogP contribution is 2.84. The fourth-order valence-corrected chi connectivity index (χ4v) is 18.3. The van der Waals surface area contributed by atoms with E-state index >= 15 is 0 Å². The molecule has 1 aromatic carbocycles. The number of hydrogen-bond donors (Lipinski definition) is 0. The van der Waals surface area contributed by atoms with Gasteiger partial charge in [-0.05, 0) is 51.6 Å². The summed E-state index contributed by atoms with van der Waals surface area (Å²) >= 11 is 24.2. The normalized spacial score (nSPS) is 29.7. The van der Waals surface area contributed by atoms with Crippen molar-refractivity contribution < 1.29 is 0 Å². The van der Waals surface area contributed by atoms with Crippen LogP contribution in [0.25, 0.3) is 0 Å². The number of hydrogen-bond acceptors (Lipinski definition) is 3. The Hall–Kier alpha value is 1.07. The molecule has 10 heteroatoms. The van der Waals surface area contributed by atoms with Crippen molar-refractivity contribution >= 4 is 69.3 Å². The van der Waals surface area contributed by atoms with E-state index in [4.69, 9.17) is 45.0 Å². The average molecular weight is 369 g/mol. The first-order chi connectivity index (χ1) is 7.73. The summed E-state index contributed by atoms with van der Waals surface area (Å²) in [6, 6.07) is 9.57. The molecule has 0 fully saturated rings. The third kappa shape index (κ3) is 3.54. The lowest BCUT2D eigenvalue weighted by Crippen LogP contribution is -2.01. The van der Waals surface area contributed by atoms with Gasteiger partial charge in [0.2, 0.25) is 0 Å². The molecular formula is C7H8Cl4N3P3. The van der Waals surface area contributed by atoms with E-state index < -0.39 is 19.0 Å². The van der Waals surface area contributed by atoms with Crippen LogP contribution in [0.15, 0.2) is 43.9 Å². The summed E-state index contributed by atoms with van der Waals surface area (Å²) in [4.78, 5) is 0. The Morgan fingerprint density at radius 3 is 1.88 bits per heavy atom. The highest BCUT2D eigenvalue weighted by Gasteiger charge is 2.31. The minimum Gasteiger partial charge on any atom is -0.209 e. The molecule has 0 saturated carbocycles. The molecule has 3 nitrogen and oxygen atoms in total. The topological polar surface area (TPSA) is 37.1 Å². The summed E-state index contributed by atoms with van der Waals surface area (Å²) in [6.45, 7) is 1.88. The molecule has 0 aromatic heterocycles. The first kappa shape index (κ1) is 14.5. The van der Waals surface area contributed by atoms with Crippen LogP contribution >= 0.6 is 64.0 Å². The Kier molecular flexibility index (Phi) is 4.15. The van der Waals surface area contributed by atoms with Crippen molar-refractivity contribution in [2.24, 2.45) is 13.5 Å². The van der Waals surface area contributed by atoms with Crippen molar-refractivity contribution in [3.05, 3.63) is 30.3 Å². The zero-order valence-electron chi connectivity index (χ0n) is 8.58. The Labute approximate surface area is 119 Å². The van der Waals surface area contributed by atoms with Gasteiger partial charge in [0, 0.05) is 5.30 Å². The maximum atomic E-state index is 6.06. The monoisotopic (exact) mass is 367 g/mol. The van der Waals surface area contributed by atoms with Crippen LogP contribution in [-0.4, -0.2) is 6.66 Å². The van der Waals surface area contributed by atoms with Crippen molar-refractivity contribution in [1.29, 1.82) is 0 Å². The van der Waals surface area contributed by atoms with Crippen LogP contribution in [-0.2, 0) is 0 Å². The van der Waals surface area contributed by atoms with Crippen molar-refractivity contribution in [1.82, 2.24) is 0 Å². The predicted octanol–water partition coefficient (Wildman–Crippen LogP) is 6.92. The fraction of sp³-hybridized carbons (Fsp3) is 0.143. The lowest BCUT2D eigenvalue weighted by molar-refractivity contribution is 1.69. The molecule has 0 N–H and O–H groups in total. The van der Waals surface area contributed by atoms with Crippen LogP contribution in [0.3, 0.4) is 0 Å². The third-order valence-electron chi connectivity index (χ3n) is 2.02. The SMILES string of the molecule is CP1(c2ccccc2)=NP(Cl)(Cl)=NP(Cl)(Cl)=N1. The van der Waals surface area contributed by atoms with Crippen molar-refractivity contribution in [2.45, 2.75) is 0 Å².